The molecule has 1 N–H and O–H groups in total. The van der Waals surface area contributed by atoms with E-state index in [0.29, 0.717) is 19.1 Å². The molecule has 0 bridgehead atoms. The van der Waals surface area contributed by atoms with E-state index in [1.54, 1.807) is 34.6 Å². The molecule has 8 heteroatoms. The van der Waals surface area contributed by atoms with Gasteiger partial charge in [-0.3, -0.25) is 19.3 Å². The van der Waals surface area contributed by atoms with Crippen LogP contribution in [0.2, 0.25) is 0 Å². The van der Waals surface area contributed by atoms with E-state index in [1.807, 2.05) is 36.2 Å². The number of aromatic nitrogens is 1. The van der Waals surface area contributed by atoms with Crippen LogP contribution in [0, 0.1) is 5.92 Å². The van der Waals surface area contributed by atoms with Gasteiger partial charge in [0.1, 0.15) is 18.5 Å². The predicted molar refractivity (Wildman–Crippen MR) is 143 cm³/mol. The van der Waals surface area contributed by atoms with Gasteiger partial charge in [-0.1, -0.05) is 43.7 Å². The second kappa shape index (κ2) is 9.93. The fourth-order valence-electron chi connectivity index (χ4n) is 4.94. The van der Waals surface area contributed by atoms with E-state index >= 15 is 0 Å². The first-order valence-corrected chi connectivity index (χ1v) is 13.2. The number of aromatic hydroxyl groups is 1. The van der Waals surface area contributed by atoms with Crippen molar-refractivity contribution in [2.24, 2.45) is 5.92 Å². The highest BCUT2D eigenvalue weighted by molar-refractivity contribution is 8.02. The van der Waals surface area contributed by atoms with E-state index < -0.39 is 11.2 Å². The number of allylic oxidation sites excluding steroid dienone is 3. The SMILES string of the molecule is C=C1/C(=C\C=C/C)SCc2cccc(OC)c2[C@@H]1N1CN(CCC2CC2)C(=O)c2c(O)c(=O)ccn21. The molecule has 3 aliphatic rings. The third-order valence-electron chi connectivity index (χ3n) is 7.06. The molecule has 0 saturated heterocycles. The molecule has 7 nitrogen and oxygen atoms in total. The standard InChI is InChI=1S/C28H31N3O4S/c1-4-5-9-23-18(2)25(24-20(16-36-23)7-6-8-22(24)35-3)31-17-29(14-12-19-10-11-19)28(34)26-27(33)21(32)13-15-30(26)31/h4-9,13,15,19,25,33H,2,10-12,14,16-17H2,1,3H3/b5-4-,23-9+/t25-/m1/s1. The Morgan fingerprint density at radius 1 is 1.25 bits per heavy atom. The summed E-state index contributed by atoms with van der Waals surface area (Å²) in [6.45, 7) is 7.35. The number of ether oxygens (including phenoxy) is 1. The zero-order valence-electron chi connectivity index (χ0n) is 20.6. The highest BCUT2D eigenvalue weighted by Crippen LogP contribution is 2.47. The van der Waals surface area contributed by atoms with Crippen LogP contribution in [0.4, 0.5) is 0 Å². The number of pyridine rings is 1. The Morgan fingerprint density at radius 2 is 2.06 bits per heavy atom. The van der Waals surface area contributed by atoms with Crippen molar-refractivity contribution in [1.82, 2.24) is 9.58 Å². The zero-order chi connectivity index (χ0) is 25.4. The van der Waals surface area contributed by atoms with Gasteiger partial charge in [0, 0.05) is 35.0 Å². The van der Waals surface area contributed by atoms with E-state index in [2.05, 4.69) is 18.7 Å². The number of hydrogen-bond acceptors (Lipinski definition) is 6. The third-order valence-corrected chi connectivity index (χ3v) is 8.22. The number of carbonyl (C=O) groups excluding carboxylic acids is 1. The van der Waals surface area contributed by atoms with E-state index in [0.717, 1.165) is 39.5 Å². The lowest BCUT2D eigenvalue weighted by atomic mass is 9.93. The largest absolute Gasteiger partial charge is 0.502 e. The van der Waals surface area contributed by atoms with Crippen molar-refractivity contribution in [3.05, 3.63) is 92.8 Å². The summed E-state index contributed by atoms with van der Waals surface area (Å²) in [7, 11) is 1.66. The van der Waals surface area contributed by atoms with Gasteiger partial charge in [0.05, 0.1) is 7.11 Å². The van der Waals surface area contributed by atoms with Gasteiger partial charge in [0.2, 0.25) is 5.43 Å². The average Bonchev–Trinajstić information content (AvgIpc) is 3.72. The Morgan fingerprint density at radius 3 is 2.78 bits per heavy atom. The van der Waals surface area contributed by atoms with Gasteiger partial charge < -0.3 is 14.7 Å². The number of rotatable bonds is 6. The predicted octanol–water partition coefficient (Wildman–Crippen LogP) is 4.72. The summed E-state index contributed by atoms with van der Waals surface area (Å²) in [6.07, 6.45) is 10.9. The van der Waals surface area contributed by atoms with Crippen LogP contribution >= 0.6 is 11.8 Å². The molecular formula is C28H31N3O4S. The summed E-state index contributed by atoms with van der Waals surface area (Å²) in [4.78, 5) is 28.6. The first kappa shape index (κ1) is 24.3. The molecule has 188 valence electrons. The van der Waals surface area contributed by atoms with Crippen molar-refractivity contribution in [3.63, 3.8) is 0 Å². The maximum atomic E-state index is 13.5. The highest BCUT2D eigenvalue weighted by Gasteiger charge is 2.40. The molecule has 3 heterocycles. The maximum absolute atomic E-state index is 13.5. The van der Waals surface area contributed by atoms with E-state index in [4.69, 9.17) is 4.74 Å². The molecule has 1 atom stereocenters. The molecule has 36 heavy (non-hydrogen) atoms. The van der Waals surface area contributed by atoms with Crippen LogP contribution in [0.15, 0.2) is 70.5 Å². The van der Waals surface area contributed by atoms with Gasteiger partial charge in [-0.15, -0.1) is 11.8 Å². The molecule has 1 amide bonds. The Hall–Kier alpha value is -3.39. The van der Waals surface area contributed by atoms with Gasteiger partial charge >= 0.3 is 0 Å². The molecular weight excluding hydrogens is 474 g/mol. The Labute approximate surface area is 215 Å². The second-order valence-electron chi connectivity index (χ2n) is 9.41. The quantitative estimate of drug-likeness (QED) is 0.613. The molecule has 1 aromatic heterocycles. The van der Waals surface area contributed by atoms with Crippen molar-refractivity contribution in [1.29, 1.82) is 0 Å². The third kappa shape index (κ3) is 4.34. The monoisotopic (exact) mass is 505 g/mol. The number of amides is 1. The number of carbonyl (C=O) groups is 1. The fourth-order valence-corrected chi connectivity index (χ4v) is 5.97. The number of thioether (sulfide) groups is 1. The molecule has 1 fully saturated rings. The Kier molecular flexibility index (Phi) is 6.71. The number of fused-ring (bicyclic) bond motifs is 2. The molecule has 0 unspecified atom stereocenters. The zero-order valence-corrected chi connectivity index (χ0v) is 21.5. The van der Waals surface area contributed by atoms with Crippen LogP contribution in [0.5, 0.6) is 11.5 Å². The van der Waals surface area contributed by atoms with Crippen LogP contribution in [0.1, 0.15) is 53.8 Å². The number of methoxy groups -OCH3 is 1. The fraction of sp³-hybridized carbons (Fsp3) is 0.357. The first-order valence-electron chi connectivity index (χ1n) is 12.3. The maximum Gasteiger partial charge on any atom is 0.277 e. The van der Waals surface area contributed by atoms with Crippen LogP contribution < -0.4 is 15.2 Å². The minimum Gasteiger partial charge on any atom is -0.502 e. The smallest absolute Gasteiger partial charge is 0.277 e. The average molecular weight is 506 g/mol. The van der Waals surface area contributed by atoms with E-state index in [1.165, 1.54) is 18.9 Å². The summed E-state index contributed by atoms with van der Waals surface area (Å²) in [5.74, 6) is 1.26. The molecule has 2 aliphatic heterocycles. The van der Waals surface area contributed by atoms with E-state index in [9.17, 15) is 14.7 Å². The van der Waals surface area contributed by atoms with Gasteiger partial charge in [-0.2, -0.15) is 0 Å². The first-order chi connectivity index (χ1) is 17.4. The summed E-state index contributed by atoms with van der Waals surface area (Å²) in [5.41, 5.74) is 2.37. The molecule has 5 rings (SSSR count). The van der Waals surface area contributed by atoms with Crippen molar-refractivity contribution >= 4 is 17.7 Å². The lowest BCUT2D eigenvalue weighted by Crippen LogP contribution is -2.55. The van der Waals surface area contributed by atoms with Crippen LogP contribution in [0.25, 0.3) is 0 Å². The molecule has 1 aromatic carbocycles. The molecule has 0 spiro atoms. The summed E-state index contributed by atoms with van der Waals surface area (Å²) >= 11 is 1.71. The molecule has 0 radical (unpaired) electrons. The molecule has 1 aliphatic carbocycles. The topological polar surface area (TPSA) is 75.0 Å². The minimum absolute atomic E-state index is 0.00956. The van der Waals surface area contributed by atoms with Crippen LogP contribution in [-0.4, -0.2) is 40.9 Å². The molecule has 2 aromatic rings. The van der Waals surface area contributed by atoms with Crippen molar-refractivity contribution in [2.45, 2.75) is 38.0 Å². The van der Waals surface area contributed by atoms with Gasteiger partial charge in [0.25, 0.3) is 5.91 Å². The van der Waals surface area contributed by atoms with Gasteiger partial charge in [0.15, 0.2) is 11.4 Å². The lowest BCUT2D eigenvalue weighted by molar-refractivity contribution is 0.0674. The number of benzene rings is 1. The summed E-state index contributed by atoms with van der Waals surface area (Å²) in [6, 6.07) is 6.92. The van der Waals surface area contributed by atoms with Crippen molar-refractivity contribution in [3.8, 4) is 11.5 Å². The van der Waals surface area contributed by atoms with Crippen LogP contribution in [0.3, 0.4) is 0 Å². The highest BCUT2D eigenvalue weighted by atomic mass is 32.2. The van der Waals surface area contributed by atoms with Gasteiger partial charge in [-0.05, 0) is 42.5 Å². The van der Waals surface area contributed by atoms with Crippen molar-refractivity contribution in [2.75, 3.05) is 25.3 Å². The number of nitrogens with zero attached hydrogens (tertiary/aromatic N) is 3. The summed E-state index contributed by atoms with van der Waals surface area (Å²) < 4.78 is 7.45. The van der Waals surface area contributed by atoms with E-state index in [-0.39, 0.29) is 17.6 Å². The normalized spacial score (nSPS) is 21.1. The van der Waals surface area contributed by atoms with Gasteiger partial charge in [-0.25, -0.2) is 0 Å². The molecule has 1 saturated carbocycles. The number of hydrogen-bond donors (Lipinski definition) is 1. The Balaban J connectivity index is 1.70. The van der Waals surface area contributed by atoms with Crippen LogP contribution in [-0.2, 0) is 5.75 Å². The minimum atomic E-state index is -0.569. The summed E-state index contributed by atoms with van der Waals surface area (Å²) in [5, 5.41) is 12.8. The lowest BCUT2D eigenvalue weighted by Gasteiger charge is -2.44. The Bertz CT molecular complexity index is 1320. The van der Waals surface area contributed by atoms with Crippen molar-refractivity contribution < 1.29 is 14.6 Å². The second-order valence-corrected chi connectivity index (χ2v) is 10.4.